The van der Waals surface area contributed by atoms with Gasteiger partial charge in [0.25, 0.3) is 5.91 Å². The van der Waals surface area contributed by atoms with Gasteiger partial charge in [0.1, 0.15) is 40.8 Å². The van der Waals surface area contributed by atoms with Gasteiger partial charge in [0, 0.05) is 29.5 Å². The van der Waals surface area contributed by atoms with Crippen LogP contribution in [-0.4, -0.2) is 89.8 Å². The van der Waals surface area contributed by atoms with Gasteiger partial charge in [0.05, 0.1) is 29.6 Å². The van der Waals surface area contributed by atoms with E-state index < -0.39 is 73.3 Å². The molecule has 57 heavy (non-hydrogen) atoms. The Balaban J connectivity index is 1.31. The molecule has 2 saturated carbocycles. The summed E-state index contributed by atoms with van der Waals surface area (Å²) in [6.45, 7) is 14.1. The molecule has 1 aromatic heterocycles. The van der Waals surface area contributed by atoms with Crippen molar-refractivity contribution in [2.45, 2.75) is 114 Å². The third kappa shape index (κ3) is 9.03. The predicted molar refractivity (Wildman–Crippen MR) is 215 cm³/mol. The summed E-state index contributed by atoms with van der Waals surface area (Å²) in [4.78, 5) is 61.9. The topological polar surface area (TPSA) is 182 Å². The molecule has 2 aromatic carbocycles. The molecule has 6 rings (SSSR count). The molecule has 3 N–H and O–H groups in total. The van der Waals surface area contributed by atoms with Crippen LogP contribution in [0.2, 0.25) is 0 Å². The number of allylic oxidation sites excluding steroid dienone is 1. The lowest BCUT2D eigenvalue weighted by Crippen LogP contribution is -2.60. The summed E-state index contributed by atoms with van der Waals surface area (Å²) in [5, 5.41) is 6.21. The predicted octanol–water partition coefficient (Wildman–Crippen LogP) is 5.40. The molecule has 306 valence electrons. The molecule has 0 unspecified atom stereocenters. The molecule has 2 heterocycles. The Hall–Kier alpha value is -5.18. The zero-order valence-electron chi connectivity index (χ0n) is 33.6. The van der Waals surface area contributed by atoms with Crippen molar-refractivity contribution in [1.82, 2.24) is 25.2 Å². The Morgan fingerprint density at radius 3 is 2.26 bits per heavy atom. The van der Waals surface area contributed by atoms with E-state index >= 15 is 0 Å². The summed E-state index contributed by atoms with van der Waals surface area (Å²) in [7, 11) is -2.48. The standard InChI is InChI=1S/C42H53N5O9S/c1-9-17-41(18-19-41)57(52,53)46-37(50)42(20-21-42)45-35(48)32-23-28(25-47(32)36(49)34(39(2,3)4)44-38(51)56-40(5,6)7)55-33-24-30(26-13-11-10-12-14-26)43-31-22-27(54-8)15-16-29(31)33/h9-16,22,24,28,32,34H,1,17-21,23,25H2,2-8H3,(H,44,51)(H,45,48)(H,46,50)/t28-,32+,34-/m1/s1. The van der Waals surface area contributed by atoms with Crippen LogP contribution in [0.5, 0.6) is 11.5 Å². The van der Waals surface area contributed by atoms with Crippen LogP contribution in [0, 0.1) is 5.41 Å². The zero-order valence-corrected chi connectivity index (χ0v) is 34.5. The van der Waals surface area contributed by atoms with E-state index in [0.29, 0.717) is 40.9 Å². The molecule has 1 aliphatic heterocycles. The number of carbonyl (C=O) groups excluding carboxylic acids is 4. The summed E-state index contributed by atoms with van der Waals surface area (Å²) in [6.07, 6.45) is 1.48. The fraction of sp³-hybridized carbons (Fsp3) is 0.500. The number of benzene rings is 2. The second kappa shape index (κ2) is 15.3. The van der Waals surface area contributed by atoms with Gasteiger partial charge in [-0.15, -0.1) is 6.58 Å². The van der Waals surface area contributed by atoms with Crippen molar-refractivity contribution >= 4 is 44.7 Å². The number of aromatic nitrogens is 1. The van der Waals surface area contributed by atoms with Gasteiger partial charge in [-0.1, -0.05) is 57.2 Å². The minimum atomic E-state index is -4.05. The maximum Gasteiger partial charge on any atom is 0.408 e. The number of hydrogen-bond donors (Lipinski definition) is 3. The number of likely N-dealkylation sites (tertiary alicyclic amines) is 1. The first-order valence-corrected chi connectivity index (χ1v) is 20.7. The molecule has 15 heteroatoms. The van der Waals surface area contributed by atoms with E-state index in [-0.39, 0.29) is 32.2 Å². The Bertz CT molecular complexity index is 2170. The lowest BCUT2D eigenvalue weighted by Gasteiger charge is -2.36. The first-order valence-electron chi connectivity index (χ1n) is 19.2. The highest BCUT2D eigenvalue weighted by molar-refractivity contribution is 7.91. The molecule has 0 spiro atoms. The van der Waals surface area contributed by atoms with E-state index in [1.54, 1.807) is 60.8 Å². The molecular formula is C42H53N5O9S. The number of pyridine rings is 1. The van der Waals surface area contributed by atoms with Gasteiger partial charge < -0.3 is 29.7 Å². The number of ether oxygens (including phenoxy) is 3. The third-order valence-corrected chi connectivity index (χ3v) is 12.8. The normalized spacial score (nSPS) is 20.2. The lowest BCUT2D eigenvalue weighted by molar-refractivity contribution is -0.143. The lowest BCUT2D eigenvalue weighted by atomic mass is 9.85. The van der Waals surface area contributed by atoms with E-state index in [1.807, 2.05) is 42.5 Å². The van der Waals surface area contributed by atoms with E-state index in [9.17, 15) is 27.6 Å². The van der Waals surface area contributed by atoms with Crippen molar-refractivity contribution < 1.29 is 41.8 Å². The minimum absolute atomic E-state index is 0.0277. The SMILES string of the molecule is C=CCC1(S(=O)(=O)NC(=O)C2(NC(=O)[C@@H]3C[C@@H](Oc4cc(-c5ccccc5)nc5cc(OC)ccc45)CN3C(=O)[C@@H](NC(=O)OC(C)(C)C)C(C)(C)C)CC2)CC1. The summed E-state index contributed by atoms with van der Waals surface area (Å²) in [5.41, 5.74) is -1.03. The van der Waals surface area contributed by atoms with Crippen LogP contribution in [-0.2, 0) is 29.1 Å². The van der Waals surface area contributed by atoms with Crippen molar-refractivity contribution in [3.8, 4) is 22.8 Å². The van der Waals surface area contributed by atoms with Gasteiger partial charge >= 0.3 is 6.09 Å². The molecule has 3 aromatic rings. The smallest absolute Gasteiger partial charge is 0.408 e. The number of rotatable bonds is 13. The van der Waals surface area contributed by atoms with Crippen molar-refractivity contribution in [2.24, 2.45) is 5.41 Å². The summed E-state index contributed by atoms with van der Waals surface area (Å²) >= 11 is 0. The van der Waals surface area contributed by atoms with Gasteiger partial charge in [0.2, 0.25) is 21.8 Å². The highest BCUT2D eigenvalue weighted by atomic mass is 32.2. The molecule has 0 radical (unpaired) electrons. The number of sulfonamides is 1. The molecule has 3 atom stereocenters. The Labute approximate surface area is 334 Å². The number of amides is 4. The quantitative estimate of drug-likeness (QED) is 0.189. The van der Waals surface area contributed by atoms with E-state index in [2.05, 4.69) is 21.9 Å². The first-order chi connectivity index (χ1) is 26.7. The second-order valence-electron chi connectivity index (χ2n) is 17.4. The molecule has 0 bridgehead atoms. The van der Waals surface area contributed by atoms with Crippen LogP contribution in [0.4, 0.5) is 4.79 Å². The molecule has 3 fully saturated rings. The van der Waals surface area contributed by atoms with Crippen LogP contribution in [0.25, 0.3) is 22.2 Å². The van der Waals surface area contributed by atoms with Gasteiger partial charge in [-0.3, -0.25) is 19.1 Å². The fourth-order valence-electron chi connectivity index (χ4n) is 7.12. The summed E-state index contributed by atoms with van der Waals surface area (Å²) in [6, 6.07) is 14.5. The van der Waals surface area contributed by atoms with Gasteiger partial charge in [0.15, 0.2) is 0 Å². The number of nitrogens with one attached hydrogen (secondary N) is 3. The van der Waals surface area contributed by atoms with Crippen LogP contribution >= 0.6 is 0 Å². The number of carbonyl (C=O) groups is 4. The van der Waals surface area contributed by atoms with Gasteiger partial charge in [-0.2, -0.15) is 0 Å². The number of nitrogens with zero attached hydrogens (tertiary/aromatic N) is 2. The largest absolute Gasteiger partial charge is 0.497 e. The summed E-state index contributed by atoms with van der Waals surface area (Å²) < 4.78 is 45.3. The maximum absolute atomic E-state index is 14.6. The van der Waals surface area contributed by atoms with Crippen molar-refractivity contribution in [3.05, 3.63) is 67.3 Å². The second-order valence-corrected chi connectivity index (χ2v) is 19.4. The monoisotopic (exact) mass is 803 g/mol. The number of methoxy groups -OCH3 is 1. The highest BCUT2D eigenvalue weighted by Crippen LogP contribution is 2.47. The van der Waals surface area contributed by atoms with E-state index in [0.717, 1.165) is 5.56 Å². The molecule has 1 saturated heterocycles. The molecule has 3 aliphatic rings. The number of hydrogen-bond acceptors (Lipinski definition) is 10. The molecule has 2 aliphatic carbocycles. The average Bonchev–Trinajstić information content (AvgIpc) is 4.06. The van der Waals surface area contributed by atoms with Crippen molar-refractivity contribution in [3.63, 3.8) is 0 Å². The Morgan fingerprint density at radius 2 is 1.68 bits per heavy atom. The minimum Gasteiger partial charge on any atom is -0.497 e. The van der Waals surface area contributed by atoms with Gasteiger partial charge in [-0.05, 0) is 70.4 Å². The van der Waals surface area contributed by atoms with Crippen LogP contribution < -0.4 is 24.8 Å². The van der Waals surface area contributed by atoms with Crippen LogP contribution in [0.1, 0.15) is 80.1 Å². The first kappa shape index (κ1) is 41.5. The van der Waals surface area contributed by atoms with E-state index in [4.69, 9.17) is 19.2 Å². The molecule has 4 amide bonds. The van der Waals surface area contributed by atoms with Crippen LogP contribution in [0.3, 0.4) is 0 Å². The molecular weight excluding hydrogens is 751 g/mol. The third-order valence-electron chi connectivity index (χ3n) is 10.6. The Kier molecular flexibility index (Phi) is 11.1. The average molecular weight is 804 g/mol. The van der Waals surface area contributed by atoms with Crippen LogP contribution in [0.15, 0.2) is 67.3 Å². The molecule has 14 nitrogen and oxygen atoms in total. The van der Waals surface area contributed by atoms with Crippen molar-refractivity contribution in [1.29, 1.82) is 0 Å². The maximum atomic E-state index is 14.6. The number of alkyl carbamates (subject to hydrolysis) is 1. The van der Waals surface area contributed by atoms with Gasteiger partial charge in [-0.25, -0.2) is 18.2 Å². The van der Waals surface area contributed by atoms with Crippen molar-refractivity contribution in [2.75, 3.05) is 13.7 Å². The summed E-state index contributed by atoms with van der Waals surface area (Å²) in [5.74, 6) is -0.945. The fourth-order valence-corrected chi connectivity index (χ4v) is 8.75. The van der Waals surface area contributed by atoms with E-state index in [1.165, 1.54) is 11.0 Å². The zero-order chi connectivity index (χ0) is 41.6. The number of fused-ring (bicyclic) bond motifs is 1. The Morgan fingerprint density at radius 1 is 1.00 bits per heavy atom. The highest BCUT2D eigenvalue weighted by Gasteiger charge is 2.59.